The number of nitrogens with zero attached hydrogens (tertiary/aromatic N) is 1. The molecule has 1 aromatic carbocycles. The van der Waals surface area contributed by atoms with Crippen LogP contribution in [0.2, 0.25) is 5.02 Å². The van der Waals surface area contributed by atoms with Crippen LogP contribution in [0.15, 0.2) is 24.4 Å². The summed E-state index contributed by atoms with van der Waals surface area (Å²) in [6, 6.07) is 5.49. The predicted octanol–water partition coefficient (Wildman–Crippen LogP) is 1.58. The first-order valence-corrected chi connectivity index (χ1v) is 7.64. The lowest BCUT2D eigenvalue weighted by molar-refractivity contribution is -0.134. The van der Waals surface area contributed by atoms with E-state index >= 15 is 0 Å². The fourth-order valence-electron chi connectivity index (χ4n) is 2.25. The van der Waals surface area contributed by atoms with Gasteiger partial charge in [0.2, 0.25) is 11.8 Å². The van der Waals surface area contributed by atoms with Crippen molar-refractivity contribution in [1.82, 2.24) is 15.2 Å². The smallest absolute Gasteiger partial charge is 0.239 e. The number of likely N-dealkylation sites (N-methyl/N-ethyl adjacent to an activating group) is 1. The topological polar surface area (TPSA) is 74.4 Å². The molecule has 2 amide bonds. The molecule has 0 aliphatic carbocycles. The summed E-state index contributed by atoms with van der Waals surface area (Å²) in [5, 5.41) is 4.23. The fourth-order valence-corrected chi connectivity index (χ4v) is 2.42. The summed E-state index contributed by atoms with van der Waals surface area (Å²) >= 11 is 6.00. The van der Waals surface area contributed by atoms with E-state index < -0.39 is 0 Å². The minimum Gasteiger partial charge on any atom is -0.383 e. The van der Waals surface area contributed by atoms with Gasteiger partial charge in [-0.05, 0) is 23.8 Å². The number of ether oxygens (including phenoxy) is 1. The normalized spacial score (nSPS) is 10.7. The van der Waals surface area contributed by atoms with Gasteiger partial charge in [-0.3, -0.25) is 9.59 Å². The molecule has 0 unspecified atom stereocenters. The van der Waals surface area contributed by atoms with Crippen LogP contribution in [0.1, 0.15) is 5.56 Å². The van der Waals surface area contributed by atoms with Crippen LogP contribution < -0.4 is 5.32 Å². The van der Waals surface area contributed by atoms with E-state index in [1.165, 1.54) is 4.90 Å². The van der Waals surface area contributed by atoms with Crippen LogP contribution >= 0.6 is 11.6 Å². The molecule has 6 nitrogen and oxygen atoms in total. The second-order valence-corrected chi connectivity index (χ2v) is 5.71. The Morgan fingerprint density at radius 2 is 2.17 bits per heavy atom. The molecule has 0 aliphatic heterocycles. The molecule has 0 aliphatic rings. The first kappa shape index (κ1) is 17.3. The molecule has 2 rings (SSSR count). The van der Waals surface area contributed by atoms with Crippen molar-refractivity contribution >= 4 is 34.3 Å². The van der Waals surface area contributed by atoms with E-state index in [1.807, 2.05) is 12.1 Å². The standard InChI is InChI=1S/C16H20ClN3O3/c1-20(10-15(21)18-5-6-23-2)16(22)7-11-9-19-14-4-3-12(17)8-13(11)14/h3-4,8-9,19H,5-7,10H2,1-2H3,(H,18,21). The van der Waals surface area contributed by atoms with E-state index in [4.69, 9.17) is 16.3 Å². The molecule has 0 spiro atoms. The molecule has 124 valence electrons. The van der Waals surface area contributed by atoms with Crippen LogP contribution in [0.4, 0.5) is 0 Å². The Labute approximate surface area is 139 Å². The van der Waals surface area contributed by atoms with Gasteiger partial charge in [-0.1, -0.05) is 11.6 Å². The van der Waals surface area contributed by atoms with Gasteiger partial charge in [0.15, 0.2) is 0 Å². The Hall–Kier alpha value is -2.05. The molecular formula is C16H20ClN3O3. The monoisotopic (exact) mass is 337 g/mol. The SMILES string of the molecule is COCCNC(=O)CN(C)C(=O)Cc1c[nH]c2ccc(Cl)cc12. The average Bonchev–Trinajstić information content (AvgIpc) is 2.89. The first-order chi connectivity index (χ1) is 11.0. The van der Waals surface area contributed by atoms with Crippen LogP contribution in [-0.2, 0) is 20.7 Å². The number of fused-ring (bicyclic) bond motifs is 1. The molecule has 7 heteroatoms. The number of benzene rings is 1. The van der Waals surface area contributed by atoms with Crippen molar-refractivity contribution in [2.45, 2.75) is 6.42 Å². The fraction of sp³-hybridized carbons (Fsp3) is 0.375. The van der Waals surface area contributed by atoms with Gasteiger partial charge in [-0.15, -0.1) is 0 Å². The van der Waals surface area contributed by atoms with Gasteiger partial charge in [0.1, 0.15) is 0 Å². The highest BCUT2D eigenvalue weighted by Crippen LogP contribution is 2.23. The van der Waals surface area contributed by atoms with Gasteiger partial charge in [0, 0.05) is 42.8 Å². The van der Waals surface area contributed by atoms with E-state index in [2.05, 4.69) is 10.3 Å². The Morgan fingerprint density at radius 3 is 2.91 bits per heavy atom. The number of amides is 2. The van der Waals surface area contributed by atoms with Gasteiger partial charge in [-0.25, -0.2) is 0 Å². The molecule has 23 heavy (non-hydrogen) atoms. The van der Waals surface area contributed by atoms with Gasteiger partial charge in [-0.2, -0.15) is 0 Å². The average molecular weight is 338 g/mol. The molecule has 1 heterocycles. The van der Waals surface area contributed by atoms with Crippen molar-refractivity contribution in [3.63, 3.8) is 0 Å². The molecule has 0 saturated heterocycles. The summed E-state index contributed by atoms with van der Waals surface area (Å²) in [7, 11) is 3.18. The Kier molecular flexibility index (Phi) is 6.01. The number of methoxy groups -OCH3 is 1. The second kappa shape index (κ2) is 7.99. The van der Waals surface area contributed by atoms with Crippen molar-refractivity contribution in [2.75, 3.05) is 33.9 Å². The van der Waals surface area contributed by atoms with E-state index in [0.717, 1.165) is 16.5 Å². The maximum Gasteiger partial charge on any atom is 0.239 e. The zero-order valence-electron chi connectivity index (χ0n) is 13.2. The zero-order valence-corrected chi connectivity index (χ0v) is 13.9. The predicted molar refractivity (Wildman–Crippen MR) is 89.5 cm³/mol. The number of aromatic amines is 1. The molecule has 0 bridgehead atoms. The van der Waals surface area contributed by atoms with Crippen LogP contribution in [0.5, 0.6) is 0 Å². The van der Waals surface area contributed by atoms with E-state index in [9.17, 15) is 9.59 Å². The van der Waals surface area contributed by atoms with E-state index in [1.54, 1.807) is 26.4 Å². The van der Waals surface area contributed by atoms with Gasteiger partial charge < -0.3 is 19.9 Å². The van der Waals surface area contributed by atoms with Gasteiger partial charge in [0.05, 0.1) is 19.6 Å². The number of hydrogen-bond acceptors (Lipinski definition) is 3. The van der Waals surface area contributed by atoms with Crippen molar-refractivity contribution in [3.05, 3.63) is 35.0 Å². The third-order valence-corrected chi connectivity index (χ3v) is 3.74. The molecule has 1 aromatic heterocycles. The Bertz CT molecular complexity index is 699. The highest BCUT2D eigenvalue weighted by Gasteiger charge is 2.15. The molecule has 0 saturated carbocycles. The number of nitrogens with one attached hydrogen (secondary N) is 2. The molecule has 0 radical (unpaired) electrons. The van der Waals surface area contributed by atoms with E-state index in [-0.39, 0.29) is 24.8 Å². The summed E-state index contributed by atoms with van der Waals surface area (Å²) in [4.78, 5) is 28.5. The number of rotatable bonds is 7. The Morgan fingerprint density at radius 1 is 1.39 bits per heavy atom. The maximum atomic E-state index is 12.3. The number of carbonyl (C=O) groups is 2. The first-order valence-electron chi connectivity index (χ1n) is 7.26. The number of halogens is 1. The summed E-state index contributed by atoms with van der Waals surface area (Å²) < 4.78 is 4.86. The summed E-state index contributed by atoms with van der Waals surface area (Å²) in [5.74, 6) is -0.340. The second-order valence-electron chi connectivity index (χ2n) is 5.27. The minimum absolute atomic E-state index is 0.0195. The van der Waals surface area contributed by atoms with Crippen molar-refractivity contribution in [3.8, 4) is 0 Å². The zero-order chi connectivity index (χ0) is 16.8. The molecule has 0 atom stereocenters. The van der Waals surface area contributed by atoms with Crippen LogP contribution in [0, 0.1) is 0 Å². The van der Waals surface area contributed by atoms with Crippen molar-refractivity contribution in [2.24, 2.45) is 0 Å². The quantitative estimate of drug-likeness (QED) is 0.753. The largest absolute Gasteiger partial charge is 0.383 e. The Balaban J connectivity index is 1.94. The van der Waals surface area contributed by atoms with Crippen LogP contribution in [0.3, 0.4) is 0 Å². The van der Waals surface area contributed by atoms with Gasteiger partial charge >= 0.3 is 0 Å². The molecule has 2 aromatic rings. The lowest BCUT2D eigenvalue weighted by atomic mass is 10.1. The van der Waals surface area contributed by atoms with Crippen LogP contribution in [-0.4, -0.2) is 55.6 Å². The summed E-state index contributed by atoms with van der Waals surface area (Å²) in [5.41, 5.74) is 1.79. The highest BCUT2D eigenvalue weighted by atomic mass is 35.5. The summed E-state index contributed by atoms with van der Waals surface area (Å²) in [6.45, 7) is 0.892. The number of carbonyl (C=O) groups excluding carboxylic acids is 2. The van der Waals surface area contributed by atoms with Crippen LogP contribution in [0.25, 0.3) is 10.9 Å². The third-order valence-electron chi connectivity index (χ3n) is 3.51. The minimum atomic E-state index is -0.208. The maximum absolute atomic E-state index is 12.3. The molecule has 0 fully saturated rings. The number of aromatic nitrogens is 1. The van der Waals surface area contributed by atoms with Crippen molar-refractivity contribution in [1.29, 1.82) is 0 Å². The molecule has 2 N–H and O–H groups in total. The molecular weight excluding hydrogens is 318 g/mol. The van der Waals surface area contributed by atoms with Crippen molar-refractivity contribution < 1.29 is 14.3 Å². The highest BCUT2D eigenvalue weighted by molar-refractivity contribution is 6.31. The third kappa shape index (κ3) is 4.71. The lowest BCUT2D eigenvalue weighted by Crippen LogP contribution is -2.39. The lowest BCUT2D eigenvalue weighted by Gasteiger charge is -2.16. The van der Waals surface area contributed by atoms with E-state index in [0.29, 0.717) is 18.2 Å². The number of H-pyrrole nitrogens is 1. The summed E-state index contributed by atoms with van der Waals surface area (Å²) in [6.07, 6.45) is 2.01. The number of hydrogen-bond donors (Lipinski definition) is 2. The van der Waals surface area contributed by atoms with Gasteiger partial charge in [0.25, 0.3) is 0 Å².